The van der Waals surface area contributed by atoms with Gasteiger partial charge in [0.2, 0.25) is 11.0 Å². The average Bonchev–Trinajstić information content (AvgIpc) is 3.10. The maximum atomic E-state index is 12.0. The van der Waals surface area contributed by atoms with Crippen molar-refractivity contribution in [2.24, 2.45) is 0 Å². The molecule has 3 rings (SSSR count). The lowest BCUT2D eigenvalue weighted by Gasteiger charge is -2.07. The van der Waals surface area contributed by atoms with Crippen LogP contribution in [0.25, 0.3) is 10.6 Å². The van der Waals surface area contributed by atoms with Crippen molar-refractivity contribution in [2.45, 2.75) is 18.9 Å². The van der Waals surface area contributed by atoms with E-state index in [9.17, 15) is 4.79 Å². The minimum Gasteiger partial charge on any atom is -0.306 e. The molecule has 20 heavy (non-hydrogen) atoms. The highest BCUT2D eigenvalue weighted by molar-refractivity contribution is 7.18. The second-order valence-electron chi connectivity index (χ2n) is 4.56. The first-order valence-electron chi connectivity index (χ1n) is 6.36. The molecule has 0 aliphatic carbocycles. The lowest BCUT2D eigenvalue weighted by molar-refractivity contribution is -0.117. The number of nitrogens with one attached hydrogen (secondary N) is 2. The van der Waals surface area contributed by atoms with E-state index in [-0.39, 0.29) is 11.9 Å². The number of hydrogen-bond donors (Lipinski definition) is 2. The van der Waals surface area contributed by atoms with Gasteiger partial charge in [0.1, 0.15) is 5.01 Å². The first-order valence-corrected chi connectivity index (χ1v) is 7.55. The molecule has 1 aromatic heterocycles. The third-order valence-corrected chi connectivity index (χ3v) is 4.23. The van der Waals surface area contributed by atoms with Gasteiger partial charge in [0.25, 0.3) is 0 Å². The largest absolute Gasteiger partial charge is 0.306 e. The molecule has 2 aromatic rings. The molecule has 0 spiro atoms. The summed E-state index contributed by atoms with van der Waals surface area (Å²) in [5, 5.41) is 15.9. The minimum atomic E-state index is -0.117. The molecule has 1 saturated heterocycles. The molecule has 2 N–H and O–H groups in total. The Bertz CT molecular complexity index is 624. The summed E-state index contributed by atoms with van der Waals surface area (Å²) < 4.78 is 0. The van der Waals surface area contributed by atoms with Gasteiger partial charge in [-0.3, -0.25) is 10.1 Å². The van der Waals surface area contributed by atoms with Gasteiger partial charge in [0, 0.05) is 10.6 Å². The monoisotopic (exact) mass is 308 g/mol. The van der Waals surface area contributed by atoms with Gasteiger partial charge in [-0.1, -0.05) is 35.1 Å². The van der Waals surface area contributed by atoms with Crippen LogP contribution < -0.4 is 10.6 Å². The summed E-state index contributed by atoms with van der Waals surface area (Å²) in [6.45, 7) is 0.891. The maximum Gasteiger partial charge on any atom is 0.243 e. The minimum absolute atomic E-state index is 0.0451. The molecule has 1 unspecified atom stereocenters. The Kier molecular flexibility index (Phi) is 3.95. The molecule has 0 radical (unpaired) electrons. The van der Waals surface area contributed by atoms with Crippen molar-refractivity contribution in [3.05, 3.63) is 29.3 Å². The van der Waals surface area contributed by atoms with Crippen molar-refractivity contribution >= 4 is 34.0 Å². The van der Waals surface area contributed by atoms with Crippen LogP contribution in [0.5, 0.6) is 0 Å². The fraction of sp³-hybridized carbons (Fsp3) is 0.308. The van der Waals surface area contributed by atoms with Crippen LogP contribution in [0.3, 0.4) is 0 Å². The smallest absolute Gasteiger partial charge is 0.243 e. The normalized spacial score (nSPS) is 18.1. The Morgan fingerprint density at radius 1 is 1.45 bits per heavy atom. The molecule has 1 aliphatic heterocycles. The Balaban J connectivity index is 1.72. The van der Waals surface area contributed by atoms with E-state index in [1.54, 1.807) is 6.07 Å². The first kappa shape index (κ1) is 13.5. The number of halogens is 1. The zero-order valence-electron chi connectivity index (χ0n) is 10.6. The van der Waals surface area contributed by atoms with Crippen molar-refractivity contribution < 1.29 is 4.79 Å². The first-order chi connectivity index (χ1) is 9.72. The zero-order chi connectivity index (χ0) is 13.9. The predicted octanol–water partition coefficient (Wildman–Crippen LogP) is 2.55. The standard InChI is InChI=1S/C13H13ClN4OS/c14-9-4-1-3-8(7-9)12-17-18-13(20-12)16-11(19)10-5-2-6-15-10/h1,3-4,7,10,15H,2,5-6H2,(H,16,18,19). The van der Waals surface area contributed by atoms with E-state index in [0.29, 0.717) is 10.2 Å². The van der Waals surface area contributed by atoms with Crippen LogP contribution in [-0.4, -0.2) is 28.7 Å². The van der Waals surface area contributed by atoms with Crippen LogP contribution in [0.1, 0.15) is 12.8 Å². The Morgan fingerprint density at radius 3 is 3.10 bits per heavy atom. The van der Waals surface area contributed by atoms with E-state index in [0.717, 1.165) is 30.0 Å². The molecule has 5 nitrogen and oxygen atoms in total. The number of rotatable bonds is 3. The molecule has 1 aromatic carbocycles. The van der Waals surface area contributed by atoms with Crippen LogP contribution in [0, 0.1) is 0 Å². The Morgan fingerprint density at radius 2 is 2.35 bits per heavy atom. The molecule has 7 heteroatoms. The number of anilines is 1. The number of carbonyl (C=O) groups excluding carboxylic acids is 1. The van der Waals surface area contributed by atoms with Crippen LogP contribution in [0.2, 0.25) is 5.02 Å². The number of nitrogens with zero attached hydrogens (tertiary/aromatic N) is 2. The second-order valence-corrected chi connectivity index (χ2v) is 5.97. The number of benzene rings is 1. The van der Waals surface area contributed by atoms with Crippen molar-refractivity contribution in [3.8, 4) is 10.6 Å². The average molecular weight is 309 g/mol. The van der Waals surface area contributed by atoms with Crippen molar-refractivity contribution in [1.82, 2.24) is 15.5 Å². The maximum absolute atomic E-state index is 12.0. The fourth-order valence-electron chi connectivity index (χ4n) is 2.11. The number of aromatic nitrogens is 2. The van der Waals surface area contributed by atoms with E-state index in [1.807, 2.05) is 18.2 Å². The summed E-state index contributed by atoms with van der Waals surface area (Å²) in [7, 11) is 0. The Labute approximate surface area is 125 Å². The third-order valence-electron chi connectivity index (χ3n) is 3.10. The molecule has 1 amide bonds. The summed E-state index contributed by atoms with van der Waals surface area (Å²) in [4.78, 5) is 12.0. The topological polar surface area (TPSA) is 66.9 Å². The molecule has 1 atom stereocenters. The van der Waals surface area contributed by atoms with E-state index in [1.165, 1.54) is 11.3 Å². The third kappa shape index (κ3) is 2.98. The molecule has 1 fully saturated rings. The molecule has 0 saturated carbocycles. The van der Waals surface area contributed by atoms with Crippen LogP contribution in [0.15, 0.2) is 24.3 Å². The molecule has 2 heterocycles. The molecule has 1 aliphatic rings. The summed E-state index contributed by atoms with van der Waals surface area (Å²) in [6, 6.07) is 7.29. The number of carbonyl (C=O) groups is 1. The molecular formula is C13H13ClN4OS. The van der Waals surface area contributed by atoms with Gasteiger partial charge in [-0.15, -0.1) is 10.2 Å². The highest BCUT2D eigenvalue weighted by Crippen LogP contribution is 2.28. The SMILES string of the molecule is O=C(Nc1nnc(-c2cccc(Cl)c2)s1)C1CCCN1. The molecule has 104 valence electrons. The van der Waals surface area contributed by atoms with Gasteiger partial charge in [-0.25, -0.2) is 0 Å². The predicted molar refractivity (Wildman–Crippen MR) is 80.0 cm³/mol. The summed E-state index contributed by atoms with van der Waals surface area (Å²) in [6.07, 6.45) is 1.90. The summed E-state index contributed by atoms with van der Waals surface area (Å²) in [5.41, 5.74) is 0.898. The van der Waals surface area contributed by atoms with Crippen LogP contribution >= 0.6 is 22.9 Å². The van der Waals surface area contributed by atoms with Gasteiger partial charge in [-0.2, -0.15) is 0 Å². The van der Waals surface area contributed by atoms with Crippen LogP contribution in [-0.2, 0) is 4.79 Å². The van der Waals surface area contributed by atoms with Crippen molar-refractivity contribution in [2.75, 3.05) is 11.9 Å². The van der Waals surface area contributed by atoms with E-state index < -0.39 is 0 Å². The molecular weight excluding hydrogens is 296 g/mol. The zero-order valence-corrected chi connectivity index (χ0v) is 12.2. The quantitative estimate of drug-likeness (QED) is 0.914. The number of amides is 1. The lowest BCUT2D eigenvalue weighted by Crippen LogP contribution is -2.35. The second kappa shape index (κ2) is 5.87. The summed E-state index contributed by atoms with van der Waals surface area (Å²) in [5.74, 6) is -0.0451. The Hall–Kier alpha value is -1.50. The highest BCUT2D eigenvalue weighted by Gasteiger charge is 2.23. The van der Waals surface area contributed by atoms with Gasteiger partial charge >= 0.3 is 0 Å². The van der Waals surface area contributed by atoms with Gasteiger partial charge in [-0.05, 0) is 31.5 Å². The summed E-state index contributed by atoms with van der Waals surface area (Å²) >= 11 is 7.29. The number of hydrogen-bond acceptors (Lipinski definition) is 5. The van der Waals surface area contributed by atoms with Gasteiger partial charge in [0.15, 0.2) is 0 Å². The van der Waals surface area contributed by atoms with Crippen molar-refractivity contribution in [1.29, 1.82) is 0 Å². The lowest BCUT2D eigenvalue weighted by atomic mass is 10.2. The van der Waals surface area contributed by atoms with E-state index >= 15 is 0 Å². The van der Waals surface area contributed by atoms with Crippen LogP contribution in [0.4, 0.5) is 5.13 Å². The molecule has 0 bridgehead atoms. The van der Waals surface area contributed by atoms with E-state index in [2.05, 4.69) is 20.8 Å². The van der Waals surface area contributed by atoms with E-state index in [4.69, 9.17) is 11.6 Å². The van der Waals surface area contributed by atoms with Gasteiger partial charge in [0.05, 0.1) is 6.04 Å². The van der Waals surface area contributed by atoms with Gasteiger partial charge < -0.3 is 5.32 Å². The van der Waals surface area contributed by atoms with Crippen molar-refractivity contribution in [3.63, 3.8) is 0 Å². The fourth-order valence-corrected chi connectivity index (χ4v) is 3.05. The highest BCUT2D eigenvalue weighted by atomic mass is 35.5.